The first kappa shape index (κ1) is 19.9. The Bertz CT molecular complexity index is 865. The molecule has 0 saturated heterocycles. The molecular formula is C19H22N4O4. The molecule has 0 unspecified atom stereocenters. The molecule has 0 atom stereocenters. The topological polar surface area (TPSA) is 105 Å². The van der Waals surface area contributed by atoms with E-state index in [2.05, 4.69) is 10.6 Å². The van der Waals surface area contributed by atoms with Gasteiger partial charge < -0.3 is 15.5 Å². The number of aryl methyl sites for hydroxylation is 1. The minimum atomic E-state index is -0.485. The van der Waals surface area contributed by atoms with E-state index in [0.717, 1.165) is 5.56 Å². The number of hydrogen-bond donors (Lipinski definition) is 2. The molecule has 0 spiro atoms. The Hall–Kier alpha value is -3.42. The Morgan fingerprint density at radius 3 is 2.52 bits per heavy atom. The van der Waals surface area contributed by atoms with E-state index >= 15 is 0 Å². The van der Waals surface area contributed by atoms with Gasteiger partial charge in [-0.05, 0) is 24.6 Å². The van der Waals surface area contributed by atoms with Crippen molar-refractivity contribution in [2.75, 3.05) is 31.3 Å². The molecule has 8 nitrogen and oxygen atoms in total. The predicted molar refractivity (Wildman–Crippen MR) is 104 cm³/mol. The normalized spacial score (nSPS) is 10.2. The Labute approximate surface area is 157 Å². The molecule has 2 amide bonds. The number of para-hydroxylation sites is 1. The van der Waals surface area contributed by atoms with Crippen LogP contribution in [0.3, 0.4) is 0 Å². The van der Waals surface area contributed by atoms with E-state index in [9.17, 15) is 19.7 Å². The molecule has 2 aromatic rings. The summed E-state index contributed by atoms with van der Waals surface area (Å²) in [4.78, 5) is 36.1. The van der Waals surface area contributed by atoms with E-state index < -0.39 is 4.92 Å². The van der Waals surface area contributed by atoms with Crippen LogP contribution in [0.1, 0.15) is 11.1 Å². The van der Waals surface area contributed by atoms with E-state index in [1.54, 1.807) is 39.2 Å². The van der Waals surface area contributed by atoms with Crippen molar-refractivity contribution in [3.8, 4) is 0 Å². The van der Waals surface area contributed by atoms with Gasteiger partial charge in [0.25, 0.3) is 5.69 Å². The molecule has 0 aliphatic heterocycles. The lowest BCUT2D eigenvalue weighted by Crippen LogP contribution is -2.25. The van der Waals surface area contributed by atoms with Gasteiger partial charge in [0.15, 0.2) is 0 Å². The highest BCUT2D eigenvalue weighted by molar-refractivity contribution is 5.94. The molecule has 2 N–H and O–H groups in total. The Balaban J connectivity index is 2.01. The zero-order valence-electron chi connectivity index (χ0n) is 15.5. The quantitative estimate of drug-likeness (QED) is 0.576. The van der Waals surface area contributed by atoms with Crippen LogP contribution < -0.4 is 10.6 Å². The number of rotatable bonds is 7. The van der Waals surface area contributed by atoms with Crippen molar-refractivity contribution < 1.29 is 14.5 Å². The van der Waals surface area contributed by atoms with Gasteiger partial charge >= 0.3 is 0 Å². The fraction of sp³-hybridized carbons (Fsp3) is 0.263. The fourth-order valence-corrected chi connectivity index (χ4v) is 2.43. The number of nitro benzene ring substituents is 1. The van der Waals surface area contributed by atoms with Crippen LogP contribution in [0.25, 0.3) is 0 Å². The Morgan fingerprint density at radius 2 is 1.85 bits per heavy atom. The number of likely N-dealkylation sites (N-methyl/N-ethyl adjacent to an activating group) is 1. The van der Waals surface area contributed by atoms with Crippen molar-refractivity contribution in [3.05, 3.63) is 63.7 Å². The number of amides is 2. The number of hydrogen-bond acceptors (Lipinski definition) is 5. The summed E-state index contributed by atoms with van der Waals surface area (Å²) in [5.41, 5.74) is 2.31. The molecule has 2 rings (SSSR count). The highest BCUT2D eigenvalue weighted by Gasteiger charge is 2.13. The van der Waals surface area contributed by atoms with Gasteiger partial charge in [0.1, 0.15) is 0 Å². The van der Waals surface area contributed by atoms with Crippen LogP contribution in [0.4, 0.5) is 17.1 Å². The Morgan fingerprint density at radius 1 is 1.15 bits per heavy atom. The predicted octanol–water partition coefficient (Wildman–Crippen LogP) is 2.58. The molecule has 0 fully saturated rings. The zero-order valence-corrected chi connectivity index (χ0v) is 15.5. The first-order valence-electron chi connectivity index (χ1n) is 8.34. The maximum atomic E-state index is 12.2. The van der Waals surface area contributed by atoms with Crippen molar-refractivity contribution in [2.45, 2.75) is 13.3 Å². The SMILES string of the molecule is Cc1ccc(NC(=O)CNc2ccccc2CC(=O)N(C)C)cc1[N+](=O)[O-]. The second kappa shape index (κ2) is 8.79. The van der Waals surface area contributed by atoms with E-state index in [4.69, 9.17) is 0 Å². The monoisotopic (exact) mass is 370 g/mol. The second-order valence-corrected chi connectivity index (χ2v) is 6.28. The summed E-state index contributed by atoms with van der Waals surface area (Å²) in [5, 5.41) is 16.6. The maximum absolute atomic E-state index is 12.2. The zero-order chi connectivity index (χ0) is 20.0. The molecule has 0 aromatic heterocycles. The number of nitrogens with one attached hydrogen (secondary N) is 2. The summed E-state index contributed by atoms with van der Waals surface area (Å²) in [6.07, 6.45) is 0.224. The van der Waals surface area contributed by atoms with Crippen molar-refractivity contribution in [1.82, 2.24) is 4.90 Å². The molecule has 0 heterocycles. The molecular weight excluding hydrogens is 348 g/mol. The lowest BCUT2D eigenvalue weighted by atomic mass is 10.1. The third-order valence-corrected chi connectivity index (χ3v) is 3.99. The van der Waals surface area contributed by atoms with Gasteiger partial charge in [0.2, 0.25) is 11.8 Å². The van der Waals surface area contributed by atoms with Gasteiger partial charge in [-0.2, -0.15) is 0 Å². The average Bonchev–Trinajstić information content (AvgIpc) is 2.62. The lowest BCUT2D eigenvalue weighted by Gasteiger charge is -2.14. The standard InChI is InChI=1S/C19H22N4O4/c1-13-8-9-15(11-17(13)23(26)27)21-18(24)12-20-16-7-5-4-6-14(16)10-19(25)22(2)3/h4-9,11,20H,10,12H2,1-3H3,(H,21,24). The number of benzene rings is 2. The molecule has 142 valence electrons. The smallest absolute Gasteiger partial charge is 0.274 e. The highest BCUT2D eigenvalue weighted by Crippen LogP contribution is 2.22. The minimum absolute atomic E-state index is 0.0329. The van der Waals surface area contributed by atoms with Gasteiger partial charge in [-0.1, -0.05) is 24.3 Å². The first-order chi connectivity index (χ1) is 12.8. The summed E-state index contributed by atoms with van der Waals surface area (Å²) in [6, 6.07) is 11.8. The third-order valence-electron chi connectivity index (χ3n) is 3.99. The van der Waals surface area contributed by atoms with Gasteiger partial charge in [-0.3, -0.25) is 19.7 Å². The molecule has 27 heavy (non-hydrogen) atoms. The molecule has 2 aromatic carbocycles. The fourth-order valence-electron chi connectivity index (χ4n) is 2.43. The van der Waals surface area contributed by atoms with E-state index in [1.807, 2.05) is 18.2 Å². The summed E-state index contributed by atoms with van der Waals surface area (Å²) in [5.74, 6) is -0.387. The summed E-state index contributed by atoms with van der Waals surface area (Å²) in [6.45, 7) is 1.60. The van der Waals surface area contributed by atoms with Crippen molar-refractivity contribution in [1.29, 1.82) is 0 Å². The molecule has 0 radical (unpaired) electrons. The van der Waals surface area contributed by atoms with Crippen LogP contribution in [0.5, 0.6) is 0 Å². The van der Waals surface area contributed by atoms with Crippen LogP contribution in [-0.2, 0) is 16.0 Å². The number of carbonyl (C=O) groups is 2. The van der Waals surface area contributed by atoms with Crippen LogP contribution in [-0.4, -0.2) is 42.3 Å². The number of nitro groups is 1. The summed E-state index contributed by atoms with van der Waals surface area (Å²) in [7, 11) is 3.37. The van der Waals surface area contributed by atoms with Gasteiger partial charge in [0.05, 0.1) is 17.9 Å². The molecule has 0 aliphatic carbocycles. The second-order valence-electron chi connectivity index (χ2n) is 6.28. The number of carbonyl (C=O) groups excluding carboxylic acids is 2. The van der Waals surface area contributed by atoms with Crippen LogP contribution in [0.2, 0.25) is 0 Å². The van der Waals surface area contributed by atoms with Crippen LogP contribution >= 0.6 is 0 Å². The van der Waals surface area contributed by atoms with Gasteiger partial charge in [-0.15, -0.1) is 0 Å². The minimum Gasteiger partial charge on any atom is -0.376 e. The van der Waals surface area contributed by atoms with Gasteiger partial charge in [0, 0.05) is 37.1 Å². The van der Waals surface area contributed by atoms with Crippen molar-refractivity contribution in [2.24, 2.45) is 0 Å². The molecule has 8 heteroatoms. The van der Waals surface area contributed by atoms with Crippen LogP contribution in [0.15, 0.2) is 42.5 Å². The average molecular weight is 370 g/mol. The Kier molecular flexibility index (Phi) is 6.48. The van der Waals surface area contributed by atoms with E-state index in [-0.39, 0.29) is 30.5 Å². The lowest BCUT2D eigenvalue weighted by molar-refractivity contribution is -0.385. The van der Waals surface area contributed by atoms with Crippen LogP contribution in [0, 0.1) is 17.0 Å². The third kappa shape index (κ3) is 5.53. The molecule has 0 aliphatic rings. The summed E-state index contributed by atoms with van der Waals surface area (Å²) >= 11 is 0. The van der Waals surface area contributed by atoms with Crippen molar-refractivity contribution in [3.63, 3.8) is 0 Å². The highest BCUT2D eigenvalue weighted by atomic mass is 16.6. The number of nitrogens with zero attached hydrogens (tertiary/aromatic N) is 2. The number of anilines is 2. The largest absolute Gasteiger partial charge is 0.376 e. The first-order valence-corrected chi connectivity index (χ1v) is 8.34. The van der Waals surface area contributed by atoms with Crippen molar-refractivity contribution >= 4 is 28.9 Å². The van der Waals surface area contributed by atoms with Gasteiger partial charge in [-0.25, -0.2) is 0 Å². The molecule has 0 saturated carbocycles. The van der Waals surface area contributed by atoms with E-state index in [1.165, 1.54) is 11.0 Å². The summed E-state index contributed by atoms with van der Waals surface area (Å²) < 4.78 is 0. The van der Waals surface area contributed by atoms with E-state index in [0.29, 0.717) is 16.9 Å². The molecule has 0 bridgehead atoms. The maximum Gasteiger partial charge on any atom is 0.274 e.